The van der Waals surface area contributed by atoms with E-state index in [1.165, 1.54) is 17.0 Å². The molecule has 0 bridgehead atoms. The summed E-state index contributed by atoms with van der Waals surface area (Å²) in [6.07, 6.45) is 4.22. The SMILES string of the molecule is CCNC(=NCc1ncc(CC)s1)NCC1CCN(c2ccccc2)C1. The summed E-state index contributed by atoms with van der Waals surface area (Å²) >= 11 is 1.75. The Kier molecular flexibility index (Phi) is 6.89. The largest absolute Gasteiger partial charge is 0.371 e. The highest BCUT2D eigenvalue weighted by Gasteiger charge is 2.22. The van der Waals surface area contributed by atoms with Crippen LogP contribution in [0.3, 0.4) is 0 Å². The first-order valence-corrected chi connectivity index (χ1v) is 10.4. The summed E-state index contributed by atoms with van der Waals surface area (Å²) in [5.74, 6) is 1.53. The highest BCUT2D eigenvalue weighted by atomic mass is 32.1. The van der Waals surface area contributed by atoms with Crippen LogP contribution in [0.25, 0.3) is 0 Å². The molecule has 6 heteroatoms. The highest BCUT2D eigenvalue weighted by molar-refractivity contribution is 7.11. The van der Waals surface area contributed by atoms with Gasteiger partial charge in [0, 0.05) is 42.9 Å². The summed E-state index contributed by atoms with van der Waals surface area (Å²) in [7, 11) is 0. The summed E-state index contributed by atoms with van der Waals surface area (Å²) in [5, 5.41) is 7.94. The average Bonchev–Trinajstić information content (AvgIpc) is 3.34. The number of hydrogen-bond acceptors (Lipinski definition) is 4. The summed E-state index contributed by atoms with van der Waals surface area (Å²) in [5.41, 5.74) is 1.33. The number of nitrogens with zero attached hydrogens (tertiary/aromatic N) is 3. The van der Waals surface area contributed by atoms with Crippen molar-refractivity contribution in [2.75, 3.05) is 31.1 Å². The Morgan fingerprint density at radius 2 is 2.12 bits per heavy atom. The maximum Gasteiger partial charge on any atom is 0.191 e. The van der Waals surface area contributed by atoms with E-state index >= 15 is 0 Å². The first-order chi connectivity index (χ1) is 12.8. The minimum absolute atomic E-state index is 0.640. The molecule has 1 aliphatic heterocycles. The Bertz CT molecular complexity index is 697. The molecule has 1 aromatic heterocycles. The number of para-hydroxylation sites is 1. The lowest BCUT2D eigenvalue weighted by Gasteiger charge is -2.19. The van der Waals surface area contributed by atoms with Crippen LogP contribution in [-0.4, -0.2) is 37.1 Å². The molecule has 0 spiro atoms. The van der Waals surface area contributed by atoms with Crippen molar-refractivity contribution in [1.82, 2.24) is 15.6 Å². The lowest BCUT2D eigenvalue weighted by Crippen LogP contribution is -2.40. The van der Waals surface area contributed by atoms with E-state index in [1.54, 1.807) is 11.3 Å². The monoisotopic (exact) mass is 371 g/mol. The quantitative estimate of drug-likeness (QED) is 0.579. The van der Waals surface area contributed by atoms with Crippen LogP contribution in [0, 0.1) is 5.92 Å². The highest BCUT2D eigenvalue weighted by Crippen LogP contribution is 2.22. The van der Waals surface area contributed by atoms with Crippen molar-refractivity contribution in [2.45, 2.75) is 33.2 Å². The van der Waals surface area contributed by atoms with Gasteiger partial charge in [-0.05, 0) is 37.8 Å². The van der Waals surface area contributed by atoms with Gasteiger partial charge in [-0.1, -0.05) is 25.1 Å². The van der Waals surface area contributed by atoms with E-state index in [4.69, 9.17) is 4.99 Å². The summed E-state index contributed by atoms with van der Waals surface area (Å²) in [4.78, 5) is 12.9. The molecule has 0 saturated carbocycles. The number of aryl methyl sites for hydroxylation is 1. The number of rotatable bonds is 7. The molecule has 2 N–H and O–H groups in total. The Morgan fingerprint density at radius 1 is 1.27 bits per heavy atom. The number of aliphatic imine (C=N–C) groups is 1. The molecule has 1 saturated heterocycles. The van der Waals surface area contributed by atoms with E-state index in [0.717, 1.165) is 43.6 Å². The van der Waals surface area contributed by atoms with Crippen LogP contribution in [0.5, 0.6) is 0 Å². The van der Waals surface area contributed by atoms with Crippen molar-refractivity contribution in [3.05, 3.63) is 46.4 Å². The van der Waals surface area contributed by atoms with Crippen molar-refractivity contribution in [3.8, 4) is 0 Å². The second kappa shape index (κ2) is 9.57. The van der Waals surface area contributed by atoms with Gasteiger partial charge in [-0.25, -0.2) is 9.98 Å². The van der Waals surface area contributed by atoms with Gasteiger partial charge < -0.3 is 15.5 Å². The summed E-state index contributed by atoms with van der Waals surface area (Å²) < 4.78 is 0. The number of hydrogen-bond donors (Lipinski definition) is 2. The topological polar surface area (TPSA) is 52.6 Å². The fourth-order valence-corrected chi connectivity index (χ4v) is 3.97. The van der Waals surface area contributed by atoms with Crippen LogP contribution in [0.4, 0.5) is 5.69 Å². The van der Waals surface area contributed by atoms with Gasteiger partial charge in [0.1, 0.15) is 5.01 Å². The van der Waals surface area contributed by atoms with Gasteiger partial charge in [-0.2, -0.15) is 0 Å². The van der Waals surface area contributed by atoms with Crippen molar-refractivity contribution in [1.29, 1.82) is 0 Å². The number of benzene rings is 1. The number of guanidine groups is 1. The lowest BCUT2D eigenvalue weighted by atomic mass is 10.1. The maximum absolute atomic E-state index is 4.70. The number of aromatic nitrogens is 1. The molecule has 140 valence electrons. The summed E-state index contributed by atoms with van der Waals surface area (Å²) in [6.45, 7) is 8.94. The molecule has 2 aromatic rings. The van der Waals surface area contributed by atoms with Gasteiger partial charge in [-0.15, -0.1) is 11.3 Å². The zero-order valence-corrected chi connectivity index (χ0v) is 16.6. The van der Waals surface area contributed by atoms with Crippen LogP contribution in [-0.2, 0) is 13.0 Å². The molecule has 2 heterocycles. The molecule has 0 radical (unpaired) electrons. The lowest BCUT2D eigenvalue weighted by molar-refractivity contribution is 0.566. The molecular weight excluding hydrogens is 342 g/mol. The van der Waals surface area contributed by atoms with Crippen molar-refractivity contribution in [2.24, 2.45) is 10.9 Å². The molecule has 1 fully saturated rings. The van der Waals surface area contributed by atoms with E-state index in [0.29, 0.717) is 12.5 Å². The molecule has 0 aliphatic carbocycles. The van der Waals surface area contributed by atoms with Gasteiger partial charge in [0.15, 0.2) is 5.96 Å². The van der Waals surface area contributed by atoms with E-state index in [1.807, 2.05) is 6.20 Å². The molecule has 3 rings (SSSR count). The van der Waals surface area contributed by atoms with E-state index < -0.39 is 0 Å². The predicted molar refractivity (Wildman–Crippen MR) is 111 cm³/mol. The Morgan fingerprint density at radius 3 is 2.85 bits per heavy atom. The molecule has 1 aliphatic rings. The van der Waals surface area contributed by atoms with E-state index in [2.05, 4.69) is 64.7 Å². The van der Waals surface area contributed by atoms with Crippen molar-refractivity contribution >= 4 is 23.0 Å². The van der Waals surface area contributed by atoms with Crippen molar-refractivity contribution in [3.63, 3.8) is 0 Å². The maximum atomic E-state index is 4.70. The third-order valence-electron chi connectivity index (χ3n) is 4.63. The van der Waals surface area contributed by atoms with Crippen LogP contribution in [0.15, 0.2) is 41.5 Å². The van der Waals surface area contributed by atoms with Crippen LogP contribution in [0.1, 0.15) is 30.2 Å². The third kappa shape index (κ3) is 5.21. The molecular formula is C20H29N5S. The normalized spacial score (nSPS) is 17.5. The van der Waals surface area contributed by atoms with Gasteiger partial charge >= 0.3 is 0 Å². The third-order valence-corrected chi connectivity index (χ3v) is 5.76. The molecule has 0 amide bonds. The molecule has 26 heavy (non-hydrogen) atoms. The van der Waals surface area contributed by atoms with Crippen LogP contribution in [0.2, 0.25) is 0 Å². The smallest absolute Gasteiger partial charge is 0.191 e. The molecule has 1 unspecified atom stereocenters. The van der Waals surface area contributed by atoms with E-state index in [-0.39, 0.29) is 0 Å². The van der Waals surface area contributed by atoms with Crippen molar-refractivity contribution < 1.29 is 0 Å². The minimum Gasteiger partial charge on any atom is -0.371 e. The summed E-state index contributed by atoms with van der Waals surface area (Å²) in [6, 6.07) is 10.7. The Labute approximate surface area is 160 Å². The van der Waals surface area contributed by atoms with E-state index in [9.17, 15) is 0 Å². The van der Waals surface area contributed by atoms with Gasteiger partial charge in [0.2, 0.25) is 0 Å². The molecule has 1 aromatic carbocycles. The minimum atomic E-state index is 0.640. The second-order valence-electron chi connectivity index (χ2n) is 6.59. The first kappa shape index (κ1) is 18.7. The van der Waals surface area contributed by atoms with Gasteiger partial charge in [-0.3, -0.25) is 0 Å². The fraction of sp³-hybridized carbons (Fsp3) is 0.500. The number of thiazole rings is 1. The number of anilines is 1. The fourth-order valence-electron chi connectivity index (χ4n) is 3.19. The van der Waals surface area contributed by atoms with Gasteiger partial charge in [0.05, 0.1) is 6.54 Å². The predicted octanol–water partition coefficient (Wildman–Crippen LogP) is 3.29. The van der Waals surface area contributed by atoms with Gasteiger partial charge in [0.25, 0.3) is 0 Å². The van der Waals surface area contributed by atoms with Crippen LogP contribution >= 0.6 is 11.3 Å². The molecule has 1 atom stereocenters. The number of nitrogens with one attached hydrogen (secondary N) is 2. The zero-order valence-electron chi connectivity index (χ0n) is 15.7. The standard InChI is InChI=1S/C20H29N5S/c1-3-18-13-22-19(26-18)14-24-20(21-4-2)23-12-16-10-11-25(15-16)17-8-6-5-7-9-17/h5-9,13,16H,3-4,10-12,14-15H2,1-2H3,(H2,21,23,24). The Balaban J connectivity index is 1.50. The second-order valence-corrected chi connectivity index (χ2v) is 7.79. The Hall–Kier alpha value is -2.08. The van der Waals surface area contributed by atoms with Crippen LogP contribution < -0.4 is 15.5 Å². The average molecular weight is 372 g/mol. The first-order valence-electron chi connectivity index (χ1n) is 9.54. The zero-order chi connectivity index (χ0) is 18.2. The molecule has 5 nitrogen and oxygen atoms in total.